The molecule has 110 valence electrons. The maximum atomic E-state index is 11.7. The summed E-state index contributed by atoms with van der Waals surface area (Å²) in [4.78, 5) is 23.3. The zero-order chi connectivity index (χ0) is 15.0. The molecule has 0 bridgehead atoms. The molecule has 1 aromatic carbocycles. The fourth-order valence-corrected chi connectivity index (χ4v) is 1.51. The van der Waals surface area contributed by atoms with Gasteiger partial charge in [0.2, 0.25) is 0 Å². The van der Waals surface area contributed by atoms with E-state index in [1.165, 1.54) is 7.11 Å². The number of anilines is 1. The first-order valence-electron chi connectivity index (χ1n) is 6.15. The maximum Gasteiger partial charge on any atom is 0.254 e. The van der Waals surface area contributed by atoms with Crippen molar-refractivity contribution in [3.05, 3.63) is 29.8 Å². The molecule has 0 aromatic heterocycles. The Balaban J connectivity index is 2.62. The van der Waals surface area contributed by atoms with Gasteiger partial charge in [-0.3, -0.25) is 9.59 Å². The predicted octanol–water partition coefficient (Wildman–Crippen LogP) is -0.679. The van der Waals surface area contributed by atoms with Crippen LogP contribution in [0.25, 0.3) is 0 Å². The lowest BCUT2D eigenvalue weighted by molar-refractivity contribution is -0.125. The quantitative estimate of drug-likeness (QED) is 0.529. The van der Waals surface area contributed by atoms with E-state index in [0.717, 1.165) is 0 Å². The molecule has 5 N–H and O–H groups in total. The lowest BCUT2D eigenvalue weighted by Gasteiger charge is -2.13. The molecule has 1 rings (SSSR count). The molecule has 0 aliphatic carbocycles. The number of nitrogens with two attached hydrogens (primary N) is 1. The van der Waals surface area contributed by atoms with E-state index in [0.29, 0.717) is 11.3 Å². The summed E-state index contributed by atoms with van der Waals surface area (Å²) >= 11 is 0. The van der Waals surface area contributed by atoms with Gasteiger partial charge in [0, 0.05) is 31.5 Å². The molecule has 0 saturated heterocycles. The van der Waals surface area contributed by atoms with Gasteiger partial charge < -0.3 is 26.2 Å². The Morgan fingerprint density at radius 3 is 2.50 bits per heavy atom. The van der Waals surface area contributed by atoms with Crippen LogP contribution >= 0.6 is 0 Å². The number of aliphatic hydroxyl groups is 1. The Hall–Kier alpha value is -1.96. The zero-order valence-electron chi connectivity index (χ0n) is 11.3. The number of nitrogens with one attached hydrogen (secondary N) is 2. The second kappa shape index (κ2) is 8.26. The second-order valence-electron chi connectivity index (χ2n) is 4.01. The van der Waals surface area contributed by atoms with Crippen LogP contribution in [0.3, 0.4) is 0 Å². The molecule has 20 heavy (non-hydrogen) atoms. The number of aliphatic hydroxyl groups excluding tert-OH is 1. The van der Waals surface area contributed by atoms with Crippen LogP contribution in [0.2, 0.25) is 0 Å². The van der Waals surface area contributed by atoms with E-state index in [4.69, 9.17) is 15.6 Å². The molecule has 0 spiro atoms. The van der Waals surface area contributed by atoms with Gasteiger partial charge in [-0.15, -0.1) is 0 Å². The predicted molar refractivity (Wildman–Crippen MR) is 74.3 cm³/mol. The van der Waals surface area contributed by atoms with E-state index >= 15 is 0 Å². The Kier molecular flexibility index (Phi) is 6.65. The number of hydrogen-bond donors (Lipinski definition) is 4. The van der Waals surface area contributed by atoms with Gasteiger partial charge in [0.25, 0.3) is 11.8 Å². The Morgan fingerprint density at radius 1 is 1.35 bits per heavy atom. The molecule has 7 nitrogen and oxygen atoms in total. The first kappa shape index (κ1) is 16.1. The molecule has 0 aliphatic heterocycles. The topological polar surface area (TPSA) is 114 Å². The summed E-state index contributed by atoms with van der Waals surface area (Å²) in [7, 11) is 1.41. The first-order chi connectivity index (χ1) is 9.62. The molecule has 7 heteroatoms. The Bertz CT molecular complexity index is 443. The SMILES string of the molecule is COC(CN)C(=O)Nc1ccc(C(=O)NCCO)cc1. The van der Waals surface area contributed by atoms with Crippen LogP contribution in [0.4, 0.5) is 5.69 Å². The number of hydrogen-bond acceptors (Lipinski definition) is 5. The molecular formula is C13H19N3O4. The van der Waals surface area contributed by atoms with Gasteiger partial charge in [-0.2, -0.15) is 0 Å². The molecule has 1 atom stereocenters. The highest BCUT2D eigenvalue weighted by molar-refractivity contribution is 5.96. The van der Waals surface area contributed by atoms with Crippen molar-refractivity contribution < 1.29 is 19.4 Å². The largest absolute Gasteiger partial charge is 0.395 e. The number of carbonyl (C=O) groups excluding carboxylic acids is 2. The van der Waals surface area contributed by atoms with E-state index in [1.54, 1.807) is 24.3 Å². The third-order valence-electron chi connectivity index (χ3n) is 2.60. The van der Waals surface area contributed by atoms with Crippen molar-refractivity contribution in [2.24, 2.45) is 5.73 Å². The van der Waals surface area contributed by atoms with Gasteiger partial charge in [0.05, 0.1) is 6.61 Å². The Labute approximate surface area is 117 Å². The summed E-state index contributed by atoms with van der Waals surface area (Å²) in [6.45, 7) is 0.171. The maximum absolute atomic E-state index is 11.7. The lowest BCUT2D eigenvalue weighted by Crippen LogP contribution is -2.35. The lowest BCUT2D eigenvalue weighted by atomic mass is 10.2. The highest BCUT2D eigenvalue weighted by Gasteiger charge is 2.15. The molecule has 0 fully saturated rings. The van der Waals surface area contributed by atoms with Crippen LogP contribution in [0.1, 0.15) is 10.4 Å². The van der Waals surface area contributed by atoms with Crippen LogP contribution in [0.15, 0.2) is 24.3 Å². The second-order valence-corrected chi connectivity index (χ2v) is 4.01. The molecule has 0 radical (unpaired) electrons. The minimum Gasteiger partial charge on any atom is -0.395 e. The smallest absolute Gasteiger partial charge is 0.254 e. The summed E-state index contributed by atoms with van der Waals surface area (Å²) in [5, 5.41) is 13.8. The summed E-state index contributed by atoms with van der Waals surface area (Å²) in [5.41, 5.74) is 6.38. The number of carbonyl (C=O) groups is 2. The molecule has 1 unspecified atom stereocenters. The summed E-state index contributed by atoms with van der Waals surface area (Å²) < 4.78 is 4.91. The van der Waals surface area contributed by atoms with E-state index in [2.05, 4.69) is 10.6 Å². The summed E-state index contributed by atoms with van der Waals surface area (Å²) in [6, 6.07) is 6.36. The van der Waals surface area contributed by atoms with Crippen molar-refractivity contribution in [2.75, 3.05) is 32.1 Å². The van der Waals surface area contributed by atoms with Gasteiger partial charge >= 0.3 is 0 Å². The van der Waals surface area contributed by atoms with Gasteiger partial charge in [-0.25, -0.2) is 0 Å². The molecular weight excluding hydrogens is 262 g/mol. The average molecular weight is 281 g/mol. The fourth-order valence-electron chi connectivity index (χ4n) is 1.51. The molecule has 0 saturated carbocycles. The minimum atomic E-state index is -0.706. The summed E-state index contributed by atoms with van der Waals surface area (Å²) in [5.74, 6) is -0.624. The van der Waals surface area contributed by atoms with Crippen molar-refractivity contribution in [2.45, 2.75) is 6.10 Å². The third-order valence-corrected chi connectivity index (χ3v) is 2.60. The van der Waals surface area contributed by atoms with Crippen molar-refractivity contribution in [1.29, 1.82) is 0 Å². The number of amides is 2. The van der Waals surface area contributed by atoms with Gasteiger partial charge in [0.15, 0.2) is 0 Å². The van der Waals surface area contributed by atoms with Gasteiger partial charge in [-0.1, -0.05) is 0 Å². The van der Waals surface area contributed by atoms with Gasteiger partial charge in [-0.05, 0) is 24.3 Å². The highest BCUT2D eigenvalue weighted by atomic mass is 16.5. The van der Waals surface area contributed by atoms with Crippen LogP contribution < -0.4 is 16.4 Å². The van der Waals surface area contributed by atoms with Crippen molar-refractivity contribution in [1.82, 2.24) is 5.32 Å². The zero-order valence-corrected chi connectivity index (χ0v) is 11.3. The van der Waals surface area contributed by atoms with Crippen molar-refractivity contribution >= 4 is 17.5 Å². The van der Waals surface area contributed by atoms with Crippen molar-refractivity contribution in [3.8, 4) is 0 Å². The number of methoxy groups -OCH3 is 1. The number of ether oxygens (including phenoxy) is 1. The fraction of sp³-hybridized carbons (Fsp3) is 0.385. The monoisotopic (exact) mass is 281 g/mol. The molecule has 0 heterocycles. The third kappa shape index (κ3) is 4.61. The van der Waals surface area contributed by atoms with E-state index in [9.17, 15) is 9.59 Å². The standard InChI is InChI=1S/C13H19N3O4/c1-20-11(8-14)13(19)16-10-4-2-9(3-5-10)12(18)15-6-7-17/h2-5,11,17H,6-8,14H2,1H3,(H,15,18)(H,16,19). The van der Waals surface area contributed by atoms with Crippen LogP contribution in [0.5, 0.6) is 0 Å². The highest BCUT2D eigenvalue weighted by Crippen LogP contribution is 2.10. The van der Waals surface area contributed by atoms with Crippen LogP contribution in [-0.2, 0) is 9.53 Å². The normalized spacial score (nSPS) is 11.8. The summed E-state index contributed by atoms with van der Waals surface area (Å²) in [6.07, 6.45) is -0.706. The van der Waals surface area contributed by atoms with Crippen LogP contribution in [0, 0.1) is 0 Å². The average Bonchev–Trinajstić information content (AvgIpc) is 2.46. The Morgan fingerprint density at radius 2 is 2.00 bits per heavy atom. The minimum absolute atomic E-state index is 0.0873. The van der Waals surface area contributed by atoms with Crippen molar-refractivity contribution in [3.63, 3.8) is 0 Å². The van der Waals surface area contributed by atoms with Crippen LogP contribution in [-0.4, -0.2) is 49.8 Å². The molecule has 2 amide bonds. The molecule has 0 aliphatic rings. The first-order valence-corrected chi connectivity index (χ1v) is 6.15. The number of rotatable bonds is 7. The van der Waals surface area contributed by atoms with E-state index in [-0.39, 0.29) is 31.5 Å². The van der Waals surface area contributed by atoms with Gasteiger partial charge in [0.1, 0.15) is 6.10 Å². The molecule has 1 aromatic rings. The number of benzene rings is 1. The van der Waals surface area contributed by atoms with E-state index < -0.39 is 6.10 Å². The van der Waals surface area contributed by atoms with E-state index in [1.807, 2.05) is 0 Å².